The average Bonchev–Trinajstić information content (AvgIpc) is 2.68. The molecule has 0 aliphatic rings. The van der Waals surface area contributed by atoms with Gasteiger partial charge in [-0.3, -0.25) is 9.36 Å². The lowest BCUT2D eigenvalue weighted by Crippen LogP contribution is -2.25. The van der Waals surface area contributed by atoms with Crippen molar-refractivity contribution in [2.75, 3.05) is 18.6 Å². The number of anilines is 1. The van der Waals surface area contributed by atoms with Crippen molar-refractivity contribution < 1.29 is 4.74 Å². The molecule has 1 heterocycles. The van der Waals surface area contributed by atoms with Gasteiger partial charge in [0, 0.05) is 19.8 Å². The Morgan fingerprint density at radius 3 is 2.73 bits per heavy atom. The van der Waals surface area contributed by atoms with Crippen molar-refractivity contribution in [3.05, 3.63) is 70.5 Å². The minimum Gasteiger partial charge on any atom is -0.382 e. The van der Waals surface area contributed by atoms with Crippen LogP contribution >= 0.6 is 0 Å². The van der Waals surface area contributed by atoms with Gasteiger partial charge in [-0.15, -0.1) is 0 Å². The lowest BCUT2D eigenvalue weighted by atomic mass is 10.2. The fraction of sp³-hybridized carbons (Fsp3) is 0.250. The van der Waals surface area contributed by atoms with Crippen LogP contribution < -0.4 is 11.0 Å². The largest absolute Gasteiger partial charge is 0.382 e. The third-order valence-electron chi connectivity index (χ3n) is 3.91. The Bertz CT molecular complexity index is 935. The van der Waals surface area contributed by atoms with Crippen molar-refractivity contribution in [2.45, 2.75) is 19.9 Å². The first-order valence-corrected chi connectivity index (χ1v) is 8.71. The van der Waals surface area contributed by atoms with Gasteiger partial charge < -0.3 is 4.74 Å². The van der Waals surface area contributed by atoms with E-state index in [0.29, 0.717) is 36.6 Å². The number of rotatable bonds is 8. The van der Waals surface area contributed by atoms with Gasteiger partial charge in [0.2, 0.25) is 5.95 Å². The van der Waals surface area contributed by atoms with Crippen LogP contribution in [0.5, 0.6) is 0 Å². The van der Waals surface area contributed by atoms with Gasteiger partial charge in [-0.2, -0.15) is 5.10 Å². The molecule has 3 rings (SSSR count). The van der Waals surface area contributed by atoms with Crippen LogP contribution in [0.3, 0.4) is 0 Å². The summed E-state index contributed by atoms with van der Waals surface area (Å²) in [5.74, 6) is 0.428. The summed E-state index contributed by atoms with van der Waals surface area (Å²) >= 11 is 0. The Morgan fingerprint density at radius 1 is 1.15 bits per heavy atom. The summed E-state index contributed by atoms with van der Waals surface area (Å²) < 4.78 is 6.99. The van der Waals surface area contributed by atoms with Crippen molar-refractivity contribution >= 4 is 23.1 Å². The van der Waals surface area contributed by atoms with Gasteiger partial charge in [-0.1, -0.05) is 42.5 Å². The lowest BCUT2D eigenvalue weighted by molar-refractivity contribution is 0.141. The van der Waals surface area contributed by atoms with E-state index in [2.05, 4.69) is 15.5 Å². The van der Waals surface area contributed by atoms with Crippen molar-refractivity contribution in [2.24, 2.45) is 5.10 Å². The van der Waals surface area contributed by atoms with Gasteiger partial charge in [0.15, 0.2) is 0 Å². The van der Waals surface area contributed by atoms with Crippen LogP contribution in [0.15, 0.2) is 64.5 Å². The van der Waals surface area contributed by atoms with E-state index < -0.39 is 0 Å². The minimum absolute atomic E-state index is 0.0792. The zero-order valence-electron chi connectivity index (χ0n) is 14.8. The van der Waals surface area contributed by atoms with E-state index in [0.717, 1.165) is 12.0 Å². The number of hydrogen-bond donors (Lipinski definition) is 1. The first-order chi connectivity index (χ1) is 12.8. The molecule has 0 saturated carbocycles. The van der Waals surface area contributed by atoms with E-state index in [1.165, 1.54) is 0 Å². The second-order valence-electron chi connectivity index (χ2n) is 5.74. The fourth-order valence-corrected chi connectivity index (χ4v) is 2.63. The maximum absolute atomic E-state index is 12.8. The molecular weight excluding hydrogens is 328 g/mol. The molecule has 0 bridgehead atoms. The van der Waals surface area contributed by atoms with Gasteiger partial charge in [0.05, 0.1) is 17.1 Å². The van der Waals surface area contributed by atoms with Gasteiger partial charge in [0.1, 0.15) is 0 Å². The molecule has 0 spiro atoms. The van der Waals surface area contributed by atoms with E-state index in [-0.39, 0.29) is 5.56 Å². The van der Waals surface area contributed by atoms with Crippen LogP contribution in [0, 0.1) is 0 Å². The number of hydrazone groups is 1. The highest BCUT2D eigenvalue weighted by molar-refractivity contribution is 5.80. The molecule has 6 nitrogen and oxygen atoms in total. The molecule has 3 aromatic rings. The number of benzene rings is 2. The first kappa shape index (κ1) is 17.8. The topological polar surface area (TPSA) is 68.5 Å². The Labute approximate surface area is 152 Å². The smallest absolute Gasteiger partial charge is 0.262 e. The van der Waals surface area contributed by atoms with E-state index in [1.54, 1.807) is 16.8 Å². The Morgan fingerprint density at radius 2 is 1.92 bits per heavy atom. The summed E-state index contributed by atoms with van der Waals surface area (Å²) in [6.07, 6.45) is 2.43. The fourth-order valence-electron chi connectivity index (χ4n) is 2.63. The number of fused-ring (bicyclic) bond motifs is 1. The Hall–Kier alpha value is -2.99. The molecule has 0 aliphatic heterocycles. The van der Waals surface area contributed by atoms with E-state index in [9.17, 15) is 4.79 Å². The van der Waals surface area contributed by atoms with E-state index in [4.69, 9.17) is 4.74 Å². The highest BCUT2D eigenvalue weighted by Crippen LogP contribution is 2.11. The molecule has 0 aliphatic carbocycles. The van der Waals surface area contributed by atoms with E-state index >= 15 is 0 Å². The quantitative estimate of drug-likeness (QED) is 0.385. The third-order valence-corrected chi connectivity index (χ3v) is 3.91. The second kappa shape index (κ2) is 8.92. The van der Waals surface area contributed by atoms with E-state index in [1.807, 2.05) is 55.5 Å². The van der Waals surface area contributed by atoms with Crippen molar-refractivity contribution in [3.8, 4) is 0 Å². The summed E-state index contributed by atoms with van der Waals surface area (Å²) in [6.45, 7) is 3.73. The van der Waals surface area contributed by atoms with Crippen molar-refractivity contribution in [1.82, 2.24) is 9.55 Å². The predicted molar refractivity (Wildman–Crippen MR) is 105 cm³/mol. The zero-order chi connectivity index (χ0) is 18.2. The SMILES string of the molecule is CCOCCCn1c(N/N=C\c2ccccc2)nc2ccccc2c1=O. The number of aromatic nitrogens is 2. The summed E-state index contributed by atoms with van der Waals surface area (Å²) in [6, 6.07) is 17.1. The van der Waals surface area contributed by atoms with Crippen LogP contribution in [0.4, 0.5) is 5.95 Å². The summed E-state index contributed by atoms with van der Waals surface area (Å²) in [4.78, 5) is 17.4. The van der Waals surface area contributed by atoms with Gasteiger partial charge >= 0.3 is 0 Å². The summed E-state index contributed by atoms with van der Waals surface area (Å²) in [7, 11) is 0. The number of hydrogen-bond acceptors (Lipinski definition) is 5. The van der Waals surface area contributed by atoms with Gasteiger partial charge in [-0.05, 0) is 31.0 Å². The number of para-hydroxylation sites is 1. The van der Waals surface area contributed by atoms with Crippen LogP contribution in [-0.4, -0.2) is 29.0 Å². The average molecular weight is 350 g/mol. The monoisotopic (exact) mass is 350 g/mol. The molecule has 1 aromatic heterocycles. The molecule has 0 amide bonds. The molecule has 0 atom stereocenters. The van der Waals surface area contributed by atoms with Crippen LogP contribution in [0.25, 0.3) is 10.9 Å². The predicted octanol–water partition coefficient (Wildman–Crippen LogP) is 3.27. The molecule has 134 valence electrons. The molecule has 1 N–H and O–H groups in total. The highest BCUT2D eigenvalue weighted by atomic mass is 16.5. The van der Waals surface area contributed by atoms with Crippen LogP contribution in [0.2, 0.25) is 0 Å². The van der Waals surface area contributed by atoms with Crippen LogP contribution in [0.1, 0.15) is 18.9 Å². The van der Waals surface area contributed by atoms with Crippen molar-refractivity contribution in [1.29, 1.82) is 0 Å². The number of nitrogens with one attached hydrogen (secondary N) is 1. The van der Waals surface area contributed by atoms with Gasteiger partial charge in [-0.25, -0.2) is 10.4 Å². The number of nitrogens with zero attached hydrogens (tertiary/aromatic N) is 3. The standard InChI is InChI=1S/C20H22N4O2/c1-2-26-14-8-13-24-19(25)17-11-6-7-12-18(17)22-20(24)23-21-15-16-9-4-3-5-10-16/h3-7,9-12,15H,2,8,13-14H2,1H3,(H,22,23)/b21-15-. The van der Waals surface area contributed by atoms with Crippen LogP contribution in [-0.2, 0) is 11.3 Å². The Kier molecular flexibility index (Phi) is 6.11. The first-order valence-electron chi connectivity index (χ1n) is 8.71. The van der Waals surface area contributed by atoms with Crippen molar-refractivity contribution in [3.63, 3.8) is 0 Å². The highest BCUT2D eigenvalue weighted by Gasteiger charge is 2.10. The molecule has 0 unspecified atom stereocenters. The Balaban J connectivity index is 1.88. The summed E-state index contributed by atoms with van der Waals surface area (Å²) in [5.41, 5.74) is 4.45. The molecule has 0 fully saturated rings. The number of ether oxygens (including phenoxy) is 1. The molecule has 26 heavy (non-hydrogen) atoms. The molecule has 0 radical (unpaired) electrons. The maximum Gasteiger partial charge on any atom is 0.262 e. The summed E-state index contributed by atoms with van der Waals surface area (Å²) in [5, 5.41) is 4.83. The minimum atomic E-state index is -0.0792. The lowest BCUT2D eigenvalue weighted by Gasteiger charge is -2.12. The molecule has 0 saturated heterocycles. The molecule has 2 aromatic carbocycles. The molecular formula is C20H22N4O2. The zero-order valence-corrected chi connectivity index (χ0v) is 14.8. The molecule has 6 heteroatoms. The maximum atomic E-state index is 12.8. The third kappa shape index (κ3) is 4.34. The van der Waals surface area contributed by atoms with Gasteiger partial charge in [0.25, 0.3) is 5.56 Å². The second-order valence-corrected chi connectivity index (χ2v) is 5.74. The normalized spacial score (nSPS) is 11.3.